The number of pyridine rings is 1. The molecule has 1 amide bonds. The summed E-state index contributed by atoms with van der Waals surface area (Å²) in [7, 11) is 0. The number of fused-ring (bicyclic) bond motifs is 1. The van der Waals surface area contributed by atoms with Crippen LogP contribution in [0.15, 0.2) is 47.4 Å². The molecule has 4 aromatic rings. The molecule has 0 aliphatic carbocycles. The first kappa shape index (κ1) is 14.1. The summed E-state index contributed by atoms with van der Waals surface area (Å²) in [6, 6.07) is 7.77. The number of aryl methyl sites for hydroxylation is 1. The first-order valence-corrected chi connectivity index (χ1v) is 8.72. The second-order valence-corrected chi connectivity index (χ2v) is 6.78. The topological polar surface area (TPSA) is 59.3 Å². The quantitative estimate of drug-likeness (QED) is 0.611. The van der Waals surface area contributed by atoms with Crippen molar-refractivity contribution in [3.05, 3.63) is 58.7 Å². The van der Waals surface area contributed by atoms with Gasteiger partial charge in [0.25, 0.3) is 5.91 Å². The monoisotopic (exact) mass is 340 g/mol. The summed E-state index contributed by atoms with van der Waals surface area (Å²) in [4.78, 5) is 23.2. The molecule has 0 radical (unpaired) electrons. The van der Waals surface area contributed by atoms with Crippen LogP contribution in [0.1, 0.15) is 16.1 Å². The normalized spacial score (nSPS) is 11.0. The highest BCUT2D eigenvalue weighted by Gasteiger charge is 2.16. The minimum Gasteiger partial charge on any atom is -0.305 e. The number of imidazole rings is 1. The summed E-state index contributed by atoms with van der Waals surface area (Å²) < 4.78 is 1.83. The van der Waals surface area contributed by atoms with Gasteiger partial charge < -0.3 is 5.32 Å². The summed E-state index contributed by atoms with van der Waals surface area (Å²) in [5, 5.41) is 6.69. The van der Waals surface area contributed by atoms with Gasteiger partial charge in [0, 0.05) is 17.8 Å². The second-order valence-electron chi connectivity index (χ2n) is 5.00. The number of thiazole rings is 1. The minimum atomic E-state index is -0.187. The number of anilines is 1. The lowest BCUT2D eigenvalue weighted by Gasteiger charge is -2.05. The number of amides is 1. The fourth-order valence-corrected chi connectivity index (χ4v) is 3.81. The summed E-state index contributed by atoms with van der Waals surface area (Å²) in [5.74, 6) is 0.392. The molecule has 23 heavy (non-hydrogen) atoms. The second kappa shape index (κ2) is 5.60. The first-order valence-electron chi connectivity index (χ1n) is 6.96. The molecular formula is C16H12N4OS2. The van der Waals surface area contributed by atoms with E-state index in [0.29, 0.717) is 11.5 Å². The fourth-order valence-electron chi connectivity index (χ4n) is 2.28. The van der Waals surface area contributed by atoms with Crippen molar-refractivity contribution in [2.45, 2.75) is 6.92 Å². The fraction of sp³-hybridized carbons (Fsp3) is 0.0625. The summed E-state index contributed by atoms with van der Waals surface area (Å²) >= 11 is 3.08. The predicted octanol–water partition coefficient (Wildman–Crippen LogP) is 4.08. The molecular weight excluding hydrogens is 328 g/mol. The van der Waals surface area contributed by atoms with Gasteiger partial charge in [-0.25, -0.2) is 9.97 Å². The number of thiophene rings is 1. The van der Waals surface area contributed by atoms with Crippen LogP contribution in [0.3, 0.4) is 0 Å². The molecule has 0 bridgehead atoms. The predicted molar refractivity (Wildman–Crippen MR) is 93.3 cm³/mol. The van der Waals surface area contributed by atoms with Crippen LogP contribution in [-0.2, 0) is 0 Å². The van der Waals surface area contributed by atoms with Crippen LogP contribution in [-0.4, -0.2) is 20.3 Å². The van der Waals surface area contributed by atoms with Crippen LogP contribution >= 0.6 is 22.7 Å². The molecule has 0 fully saturated rings. The van der Waals surface area contributed by atoms with E-state index in [1.165, 1.54) is 11.3 Å². The van der Waals surface area contributed by atoms with E-state index >= 15 is 0 Å². The maximum Gasteiger partial charge on any atom is 0.274 e. The Morgan fingerprint density at radius 2 is 2.17 bits per heavy atom. The minimum absolute atomic E-state index is 0.187. The Balaban J connectivity index is 1.69. The molecule has 0 atom stereocenters. The van der Waals surface area contributed by atoms with Gasteiger partial charge in [-0.15, -0.1) is 22.7 Å². The van der Waals surface area contributed by atoms with E-state index in [1.807, 2.05) is 52.5 Å². The Kier molecular flexibility index (Phi) is 3.44. The van der Waals surface area contributed by atoms with E-state index in [4.69, 9.17) is 0 Å². The Labute approximate surface area is 140 Å². The van der Waals surface area contributed by atoms with Gasteiger partial charge in [-0.05, 0) is 30.0 Å². The Bertz CT molecular complexity index is 985. The average Bonchev–Trinajstić information content (AvgIpc) is 3.25. The van der Waals surface area contributed by atoms with Gasteiger partial charge in [0.15, 0.2) is 4.96 Å². The largest absolute Gasteiger partial charge is 0.305 e. The smallest absolute Gasteiger partial charge is 0.274 e. The van der Waals surface area contributed by atoms with Gasteiger partial charge in [-0.1, -0.05) is 12.1 Å². The van der Waals surface area contributed by atoms with Crippen molar-refractivity contribution >= 4 is 39.4 Å². The van der Waals surface area contributed by atoms with E-state index in [0.717, 1.165) is 21.1 Å². The number of hydrogen-bond donors (Lipinski definition) is 1. The van der Waals surface area contributed by atoms with Gasteiger partial charge in [-0.3, -0.25) is 9.20 Å². The summed E-state index contributed by atoms with van der Waals surface area (Å²) in [6.07, 6.45) is 3.57. The van der Waals surface area contributed by atoms with Crippen LogP contribution in [0.4, 0.5) is 5.82 Å². The molecule has 4 heterocycles. The van der Waals surface area contributed by atoms with E-state index in [-0.39, 0.29) is 5.91 Å². The maximum absolute atomic E-state index is 12.5. The van der Waals surface area contributed by atoms with Gasteiger partial charge in [-0.2, -0.15) is 0 Å². The molecule has 0 aromatic carbocycles. The third kappa shape index (κ3) is 2.54. The molecule has 0 unspecified atom stereocenters. The zero-order chi connectivity index (χ0) is 15.8. The van der Waals surface area contributed by atoms with Crippen LogP contribution in [0.2, 0.25) is 0 Å². The average molecular weight is 340 g/mol. The van der Waals surface area contributed by atoms with Crippen LogP contribution in [0.25, 0.3) is 15.5 Å². The van der Waals surface area contributed by atoms with Crippen molar-refractivity contribution < 1.29 is 4.79 Å². The van der Waals surface area contributed by atoms with E-state index < -0.39 is 0 Å². The highest BCUT2D eigenvalue weighted by Crippen LogP contribution is 2.27. The molecule has 4 aromatic heterocycles. The molecule has 0 saturated carbocycles. The number of nitrogens with one attached hydrogen (secondary N) is 1. The van der Waals surface area contributed by atoms with Crippen molar-refractivity contribution in [1.29, 1.82) is 0 Å². The Morgan fingerprint density at radius 1 is 1.26 bits per heavy atom. The highest BCUT2D eigenvalue weighted by atomic mass is 32.1. The third-order valence-electron chi connectivity index (χ3n) is 3.46. The van der Waals surface area contributed by atoms with Crippen molar-refractivity contribution in [2.24, 2.45) is 0 Å². The van der Waals surface area contributed by atoms with Crippen molar-refractivity contribution in [1.82, 2.24) is 14.4 Å². The zero-order valence-electron chi connectivity index (χ0n) is 12.2. The van der Waals surface area contributed by atoms with Gasteiger partial charge >= 0.3 is 0 Å². The lowest BCUT2D eigenvalue weighted by Crippen LogP contribution is -2.15. The number of carbonyl (C=O) groups is 1. The molecule has 5 nitrogen and oxygen atoms in total. The van der Waals surface area contributed by atoms with E-state index in [2.05, 4.69) is 15.3 Å². The van der Waals surface area contributed by atoms with Crippen LogP contribution < -0.4 is 5.32 Å². The molecule has 114 valence electrons. The van der Waals surface area contributed by atoms with Gasteiger partial charge in [0.2, 0.25) is 0 Å². The number of carbonyl (C=O) groups excluding carboxylic acids is 1. The molecule has 4 rings (SSSR count). The number of rotatable bonds is 3. The molecule has 0 aliphatic rings. The summed E-state index contributed by atoms with van der Waals surface area (Å²) in [6.45, 7) is 1.91. The number of aromatic nitrogens is 3. The lowest BCUT2D eigenvalue weighted by atomic mass is 10.3. The third-order valence-corrected chi connectivity index (χ3v) is 5.19. The van der Waals surface area contributed by atoms with E-state index in [1.54, 1.807) is 17.5 Å². The molecule has 7 heteroatoms. The van der Waals surface area contributed by atoms with Crippen LogP contribution in [0, 0.1) is 6.92 Å². The highest BCUT2D eigenvalue weighted by molar-refractivity contribution is 7.15. The Morgan fingerprint density at radius 3 is 2.96 bits per heavy atom. The maximum atomic E-state index is 12.5. The number of hydrogen-bond acceptors (Lipinski definition) is 5. The lowest BCUT2D eigenvalue weighted by molar-refractivity contribution is 0.102. The van der Waals surface area contributed by atoms with E-state index in [9.17, 15) is 4.79 Å². The van der Waals surface area contributed by atoms with Gasteiger partial charge in [0.05, 0.1) is 4.88 Å². The van der Waals surface area contributed by atoms with Gasteiger partial charge in [0.1, 0.15) is 17.2 Å². The first-order chi connectivity index (χ1) is 11.2. The molecule has 0 aliphatic heterocycles. The SMILES string of the molecule is Cc1cccnc1NC(=O)c1csc2nc(-c3cccs3)cn12. The molecule has 0 spiro atoms. The van der Waals surface area contributed by atoms with Crippen molar-refractivity contribution in [3.63, 3.8) is 0 Å². The van der Waals surface area contributed by atoms with Crippen LogP contribution in [0.5, 0.6) is 0 Å². The molecule has 1 N–H and O–H groups in total. The standard InChI is InChI=1S/C16H12N4OS2/c1-10-4-2-6-17-14(10)19-15(21)12-9-23-16-18-11(8-20(12)16)13-5-3-7-22-13/h2-9H,1H3,(H,17,19,21). The number of nitrogens with zero attached hydrogens (tertiary/aromatic N) is 3. The van der Waals surface area contributed by atoms with Crippen molar-refractivity contribution in [2.75, 3.05) is 5.32 Å². The Hall–Kier alpha value is -2.51. The van der Waals surface area contributed by atoms with Crippen molar-refractivity contribution in [3.8, 4) is 10.6 Å². The summed E-state index contributed by atoms with van der Waals surface area (Å²) in [5.41, 5.74) is 2.37. The molecule has 0 saturated heterocycles. The zero-order valence-corrected chi connectivity index (χ0v) is 13.8.